The van der Waals surface area contributed by atoms with E-state index in [1.165, 1.54) is 29.2 Å². The lowest BCUT2D eigenvalue weighted by Gasteiger charge is -2.25. The van der Waals surface area contributed by atoms with Gasteiger partial charge in [0, 0.05) is 7.05 Å². The number of nitrogens with one attached hydrogen (secondary N) is 2. The number of anilines is 3. The lowest BCUT2D eigenvalue weighted by atomic mass is 9.99. The number of aromatic nitrogens is 1. The Labute approximate surface area is 215 Å². The van der Waals surface area contributed by atoms with Crippen molar-refractivity contribution in [3.05, 3.63) is 76.5 Å². The third-order valence-electron chi connectivity index (χ3n) is 6.25. The number of aromatic carboxylic acids is 1. The van der Waals surface area contributed by atoms with Crippen molar-refractivity contribution in [2.45, 2.75) is 39.5 Å². The van der Waals surface area contributed by atoms with Gasteiger partial charge in [-0.05, 0) is 105 Å². The summed E-state index contributed by atoms with van der Waals surface area (Å²) < 4.78 is 5.69. The number of amides is 1. The summed E-state index contributed by atoms with van der Waals surface area (Å²) in [5, 5.41) is 20.7. The van der Waals surface area contributed by atoms with E-state index in [4.69, 9.17) is 15.3 Å². The lowest BCUT2D eigenvalue weighted by Crippen LogP contribution is -2.27. The van der Waals surface area contributed by atoms with Gasteiger partial charge in [0.25, 0.3) is 0 Å². The van der Waals surface area contributed by atoms with Crippen molar-refractivity contribution in [2.24, 2.45) is 0 Å². The molecular weight excluding hydrogens is 468 g/mol. The molecule has 0 unspecified atom stereocenters. The van der Waals surface area contributed by atoms with Gasteiger partial charge in [0.05, 0.1) is 16.9 Å². The molecule has 3 aromatic rings. The van der Waals surface area contributed by atoms with Gasteiger partial charge < -0.3 is 15.2 Å². The van der Waals surface area contributed by atoms with Crippen LogP contribution in [0.4, 0.5) is 17.2 Å². The van der Waals surface area contributed by atoms with Crippen LogP contribution in [0.1, 0.15) is 58.4 Å². The SMILES string of the molecule is CC#CC(=O)N(c1ccc(NC)c(C(=N)Oc2ccc(C(=O)O)cc2)n1)c1cc(C)c(C)cc1C1CC1. The topological polar surface area (TPSA) is 116 Å². The van der Waals surface area contributed by atoms with E-state index < -0.39 is 11.9 Å². The smallest absolute Gasteiger partial charge is 0.335 e. The summed E-state index contributed by atoms with van der Waals surface area (Å²) in [6, 6.07) is 13.3. The molecule has 1 fully saturated rings. The zero-order valence-electron chi connectivity index (χ0n) is 21.2. The molecule has 0 atom stereocenters. The Morgan fingerprint density at radius 2 is 1.78 bits per heavy atom. The highest BCUT2D eigenvalue weighted by Gasteiger charge is 2.31. The maximum absolute atomic E-state index is 13.3. The second-order valence-electron chi connectivity index (χ2n) is 8.86. The van der Waals surface area contributed by atoms with Crippen LogP contribution in [0.15, 0.2) is 48.5 Å². The maximum atomic E-state index is 13.3. The van der Waals surface area contributed by atoms with Crippen LogP contribution in [0.25, 0.3) is 0 Å². The van der Waals surface area contributed by atoms with Crippen LogP contribution >= 0.6 is 0 Å². The largest absolute Gasteiger partial charge is 0.478 e. The first kappa shape index (κ1) is 25.5. The first-order valence-electron chi connectivity index (χ1n) is 11.9. The summed E-state index contributed by atoms with van der Waals surface area (Å²) in [4.78, 5) is 30.6. The number of ether oxygens (including phenoxy) is 1. The molecule has 0 saturated heterocycles. The summed E-state index contributed by atoms with van der Waals surface area (Å²) in [5.74, 6) is 4.60. The number of carboxylic acid groups (broad SMARTS) is 1. The van der Waals surface area contributed by atoms with Crippen molar-refractivity contribution in [1.82, 2.24) is 4.98 Å². The van der Waals surface area contributed by atoms with Crippen LogP contribution in [0.3, 0.4) is 0 Å². The highest BCUT2D eigenvalue weighted by Crippen LogP contribution is 2.46. The van der Waals surface area contributed by atoms with Crippen molar-refractivity contribution in [3.63, 3.8) is 0 Å². The summed E-state index contributed by atoms with van der Waals surface area (Å²) in [6.45, 7) is 5.68. The minimum atomic E-state index is -1.05. The molecule has 1 aliphatic rings. The van der Waals surface area contributed by atoms with Crippen molar-refractivity contribution >= 4 is 35.0 Å². The Morgan fingerprint density at radius 3 is 2.38 bits per heavy atom. The third-order valence-corrected chi connectivity index (χ3v) is 6.25. The Kier molecular flexibility index (Phi) is 7.25. The van der Waals surface area contributed by atoms with Crippen molar-refractivity contribution < 1.29 is 19.4 Å². The molecule has 8 nitrogen and oxygen atoms in total. The van der Waals surface area contributed by atoms with E-state index in [2.05, 4.69) is 35.1 Å². The molecule has 0 radical (unpaired) electrons. The number of carboxylic acids is 1. The van der Waals surface area contributed by atoms with E-state index in [1.807, 2.05) is 13.0 Å². The maximum Gasteiger partial charge on any atom is 0.335 e. The van der Waals surface area contributed by atoms with Gasteiger partial charge in [-0.25, -0.2) is 9.78 Å². The van der Waals surface area contributed by atoms with E-state index in [9.17, 15) is 9.59 Å². The fourth-order valence-corrected chi connectivity index (χ4v) is 4.02. The van der Waals surface area contributed by atoms with E-state index >= 15 is 0 Å². The van der Waals surface area contributed by atoms with Gasteiger partial charge in [-0.1, -0.05) is 12.0 Å². The summed E-state index contributed by atoms with van der Waals surface area (Å²) in [6.07, 6.45) is 2.13. The van der Waals surface area contributed by atoms with Crippen molar-refractivity contribution in [2.75, 3.05) is 17.3 Å². The van der Waals surface area contributed by atoms with Crippen LogP contribution in [-0.2, 0) is 4.79 Å². The van der Waals surface area contributed by atoms with E-state index in [0.717, 1.165) is 35.2 Å². The van der Waals surface area contributed by atoms with Crippen LogP contribution in [-0.4, -0.2) is 34.9 Å². The van der Waals surface area contributed by atoms with Gasteiger partial charge >= 0.3 is 11.9 Å². The van der Waals surface area contributed by atoms with Crippen LogP contribution in [0, 0.1) is 31.1 Å². The quantitative estimate of drug-likeness (QED) is 0.229. The predicted octanol–water partition coefficient (Wildman–Crippen LogP) is 5.41. The molecule has 1 aliphatic carbocycles. The average molecular weight is 497 g/mol. The average Bonchev–Trinajstić information content (AvgIpc) is 3.72. The van der Waals surface area contributed by atoms with Crippen molar-refractivity contribution in [1.29, 1.82) is 5.41 Å². The second-order valence-corrected chi connectivity index (χ2v) is 8.86. The first-order valence-corrected chi connectivity index (χ1v) is 11.9. The lowest BCUT2D eigenvalue weighted by molar-refractivity contribution is -0.112. The molecular formula is C29H28N4O4. The molecule has 0 bridgehead atoms. The number of hydrogen-bond acceptors (Lipinski definition) is 6. The van der Waals surface area contributed by atoms with Gasteiger partial charge in [-0.3, -0.25) is 15.1 Å². The third kappa shape index (κ3) is 5.46. The fraction of sp³-hybridized carbons (Fsp3) is 0.241. The highest BCUT2D eigenvalue weighted by atomic mass is 16.5. The van der Waals surface area contributed by atoms with Crippen molar-refractivity contribution in [3.8, 4) is 17.6 Å². The Hall–Kier alpha value is -4.64. The second kappa shape index (κ2) is 10.5. The molecule has 37 heavy (non-hydrogen) atoms. The van der Waals surface area contributed by atoms with Gasteiger partial charge in [0.15, 0.2) is 5.69 Å². The highest BCUT2D eigenvalue weighted by molar-refractivity contribution is 6.11. The molecule has 1 saturated carbocycles. The molecule has 2 aromatic carbocycles. The predicted molar refractivity (Wildman–Crippen MR) is 143 cm³/mol. The minimum Gasteiger partial charge on any atom is -0.478 e. The summed E-state index contributed by atoms with van der Waals surface area (Å²) >= 11 is 0. The first-order chi connectivity index (χ1) is 17.7. The van der Waals surface area contributed by atoms with Gasteiger partial charge in [-0.2, -0.15) is 0 Å². The normalized spacial score (nSPS) is 12.2. The molecule has 1 heterocycles. The monoisotopic (exact) mass is 496 g/mol. The number of rotatable bonds is 7. The number of aryl methyl sites for hydroxylation is 2. The van der Waals surface area contributed by atoms with Crippen LogP contribution in [0.2, 0.25) is 0 Å². The van der Waals surface area contributed by atoms with Crippen LogP contribution in [0.5, 0.6) is 5.75 Å². The molecule has 8 heteroatoms. The Balaban J connectivity index is 1.78. The number of carbonyl (C=O) groups excluding carboxylic acids is 1. The molecule has 0 aliphatic heterocycles. The molecule has 188 valence electrons. The zero-order chi connectivity index (χ0) is 26.7. The standard InChI is InChI=1S/C29H28N4O4/c1-5-6-26(34)33(24-16-18(3)17(2)15-22(24)19-7-8-19)25-14-13-23(31-4)27(32-25)28(30)37-21-11-9-20(10-12-21)29(35)36/h9-16,19,30-31H,7-8H2,1-4H3,(H,35,36). The number of hydrogen-bond donors (Lipinski definition) is 3. The van der Waals surface area contributed by atoms with Gasteiger partial charge in [0.1, 0.15) is 11.6 Å². The number of pyridine rings is 1. The molecule has 0 spiro atoms. The molecule has 1 aromatic heterocycles. The number of benzene rings is 2. The minimum absolute atomic E-state index is 0.112. The number of nitrogens with zero attached hydrogens (tertiary/aromatic N) is 2. The fourth-order valence-electron chi connectivity index (χ4n) is 4.02. The van der Waals surface area contributed by atoms with Gasteiger partial charge in [0.2, 0.25) is 5.90 Å². The summed E-state index contributed by atoms with van der Waals surface area (Å²) in [5.41, 5.74) is 4.87. The Bertz CT molecular complexity index is 1450. The zero-order valence-corrected chi connectivity index (χ0v) is 21.2. The van der Waals surface area contributed by atoms with Gasteiger partial charge in [-0.15, -0.1) is 0 Å². The Morgan fingerprint density at radius 1 is 1.11 bits per heavy atom. The summed E-state index contributed by atoms with van der Waals surface area (Å²) in [7, 11) is 1.70. The number of carbonyl (C=O) groups is 2. The van der Waals surface area contributed by atoms with E-state index in [1.54, 1.807) is 26.1 Å². The van der Waals surface area contributed by atoms with Crippen LogP contribution < -0.4 is 15.0 Å². The van der Waals surface area contributed by atoms with E-state index in [-0.39, 0.29) is 17.2 Å². The molecule has 3 N–H and O–H groups in total. The van der Waals surface area contributed by atoms with E-state index in [0.29, 0.717) is 23.2 Å². The molecule has 1 amide bonds. The molecule has 4 rings (SSSR count).